The van der Waals surface area contributed by atoms with Gasteiger partial charge in [-0.05, 0) is 44.2 Å². The fourth-order valence-corrected chi connectivity index (χ4v) is 1.88. The first kappa shape index (κ1) is 19.2. The van der Waals surface area contributed by atoms with Crippen molar-refractivity contribution in [2.75, 3.05) is 0 Å². The maximum atomic E-state index is 12.6. The third-order valence-corrected chi connectivity index (χ3v) is 3.07. The summed E-state index contributed by atoms with van der Waals surface area (Å²) in [5, 5.41) is 0. The van der Waals surface area contributed by atoms with Crippen molar-refractivity contribution >= 4 is 5.97 Å². The van der Waals surface area contributed by atoms with E-state index in [1.807, 2.05) is 0 Å². The number of terminal acetylenes is 1. The van der Waals surface area contributed by atoms with E-state index in [9.17, 15) is 18.0 Å². The second kappa shape index (κ2) is 7.40. The number of hydrogen-bond acceptors (Lipinski definition) is 4. The molecule has 0 saturated carbocycles. The molecule has 0 bridgehead atoms. The van der Waals surface area contributed by atoms with Crippen LogP contribution in [-0.4, -0.2) is 17.9 Å². The third kappa shape index (κ3) is 5.45. The van der Waals surface area contributed by atoms with E-state index >= 15 is 0 Å². The highest BCUT2D eigenvalue weighted by molar-refractivity contribution is 5.91. The summed E-state index contributed by atoms with van der Waals surface area (Å²) >= 11 is 0. The van der Waals surface area contributed by atoms with Crippen molar-refractivity contribution < 1.29 is 32.2 Å². The molecule has 26 heavy (non-hydrogen) atoms. The van der Waals surface area contributed by atoms with Crippen LogP contribution in [-0.2, 0) is 0 Å². The van der Waals surface area contributed by atoms with Gasteiger partial charge >= 0.3 is 12.3 Å². The van der Waals surface area contributed by atoms with E-state index in [0.29, 0.717) is 5.75 Å². The first-order valence-corrected chi connectivity index (χ1v) is 7.43. The SMILES string of the molecule is C#CC(C)(C)Oc1cc(C(=O)Oc2ccccc2)ccc1OC(F)(F)F. The van der Waals surface area contributed by atoms with Crippen LogP contribution in [0.5, 0.6) is 17.2 Å². The molecule has 0 aliphatic carbocycles. The largest absolute Gasteiger partial charge is 0.573 e. The monoisotopic (exact) mass is 364 g/mol. The number of carbonyl (C=O) groups is 1. The van der Waals surface area contributed by atoms with Crippen molar-refractivity contribution in [3.05, 3.63) is 54.1 Å². The summed E-state index contributed by atoms with van der Waals surface area (Å²) < 4.78 is 52.2. The highest BCUT2D eigenvalue weighted by atomic mass is 19.4. The molecule has 0 atom stereocenters. The van der Waals surface area contributed by atoms with Gasteiger partial charge in [0, 0.05) is 0 Å². The predicted octanol–water partition coefficient (Wildman–Crippen LogP) is 4.60. The summed E-state index contributed by atoms with van der Waals surface area (Å²) in [6, 6.07) is 11.4. The fourth-order valence-electron chi connectivity index (χ4n) is 1.88. The minimum absolute atomic E-state index is 0.0220. The molecule has 0 spiro atoms. The first-order valence-electron chi connectivity index (χ1n) is 7.43. The van der Waals surface area contributed by atoms with Gasteiger partial charge in [-0.15, -0.1) is 19.6 Å². The van der Waals surface area contributed by atoms with Gasteiger partial charge in [0.1, 0.15) is 5.75 Å². The molecule has 0 radical (unpaired) electrons. The van der Waals surface area contributed by atoms with E-state index in [1.54, 1.807) is 30.3 Å². The highest BCUT2D eigenvalue weighted by Crippen LogP contribution is 2.35. The van der Waals surface area contributed by atoms with Gasteiger partial charge in [-0.3, -0.25) is 0 Å². The lowest BCUT2D eigenvalue weighted by atomic mass is 10.1. The lowest BCUT2D eigenvalue weighted by molar-refractivity contribution is -0.275. The smallest absolute Gasteiger partial charge is 0.471 e. The van der Waals surface area contributed by atoms with Crippen molar-refractivity contribution in [2.24, 2.45) is 0 Å². The number of carbonyl (C=O) groups excluding carboxylic acids is 1. The van der Waals surface area contributed by atoms with Crippen LogP contribution in [0, 0.1) is 12.3 Å². The van der Waals surface area contributed by atoms with Crippen LogP contribution < -0.4 is 14.2 Å². The van der Waals surface area contributed by atoms with Crippen LogP contribution in [0.3, 0.4) is 0 Å². The maximum absolute atomic E-state index is 12.6. The molecule has 2 rings (SSSR count). The lowest BCUT2D eigenvalue weighted by Gasteiger charge is -2.23. The van der Waals surface area contributed by atoms with E-state index in [2.05, 4.69) is 10.7 Å². The standard InChI is InChI=1S/C19H15F3O4/c1-4-18(2,3)25-16-12-13(10-11-15(16)26-19(20,21)22)17(23)24-14-8-6-5-7-9-14/h1,5-12H,2-3H3. The molecular formula is C19H15F3O4. The lowest BCUT2D eigenvalue weighted by Crippen LogP contribution is -2.27. The van der Waals surface area contributed by atoms with Crippen LogP contribution in [0.25, 0.3) is 0 Å². The van der Waals surface area contributed by atoms with E-state index < -0.39 is 23.7 Å². The van der Waals surface area contributed by atoms with Gasteiger partial charge in [-0.1, -0.05) is 24.1 Å². The Kier molecular flexibility index (Phi) is 5.46. The van der Waals surface area contributed by atoms with Crippen molar-refractivity contribution in [3.63, 3.8) is 0 Å². The van der Waals surface area contributed by atoms with E-state index in [-0.39, 0.29) is 11.3 Å². The summed E-state index contributed by atoms with van der Waals surface area (Å²) in [6.07, 6.45) is 0.376. The van der Waals surface area contributed by atoms with Crippen LogP contribution in [0.2, 0.25) is 0 Å². The van der Waals surface area contributed by atoms with Crippen molar-refractivity contribution in [1.82, 2.24) is 0 Å². The number of ether oxygens (including phenoxy) is 3. The number of benzene rings is 2. The number of rotatable bonds is 5. The van der Waals surface area contributed by atoms with Crippen LogP contribution in [0.4, 0.5) is 13.2 Å². The molecule has 2 aromatic rings. The highest BCUT2D eigenvalue weighted by Gasteiger charge is 2.33. The van der Waals surface area contributed by atoms with Gasteiger partial charge < -0.3 is 14.2 Å². The Balaban J connectivity index is 2.34. The van der Waals surface area contributed by atoms with E-state index in [1.165, 1.54) is 13.8 Å². The van der Waals surface area contributed by atoms with Gasteiger partial charge in [0.05, 0.1) is 5.56 Å². The number of halogens is 3. The van der Waals surface area contributed by atoms with Gasteiger partial charge in [-0.2, -0.15) is 0 Å². The van der Waals surface area contributed by atoms with Crippen molar-refractivity contribution in [2.45, 2.75) is 25.8 Å². The molecule has 0 aliphatic rings. The molecule has 4 nitrogen and oxygen atoms in total. The summed E-state index contributed by atoms with van der Waals surface area (Å²) in [6.45, 7) is 2.97. The summed E-state index contributed by atoms with van der Waals surface area (Å²) in [4.78, 5) is 12.2. The van der Waals surface area contributed by atoms with Gasteiger partial charge in [0.2, 0.25) is 0 Å². The number of esters is 1. The normalized spacial score (nSPS) is 11.4. The molecule has 0 fully saturated rings. The average Bonchev–Trinajstić information content (AvgIpc) is 2.56. The van der Waals surface area contributed by atoms with E-state index in [0.717, 1.165) is 18.2 Å². The van der Waals surface area contributed by atoms with Crippen molar-refractivity contribution in [1.29, 1.82) is 0 Å². The first-order chi connectivity index (χ1) is 12.1. The molecule has 136 valence electrons. The molecular weight excluding hydrogens is 349 g/mol. The maximum Gasteiger partial charge on any atom is 0.573 e. The molecule has 0 aromatic heterocycles. The van der Waals surface area contributed by atoms with Gasteiger partial charge in [0.25, 0.3) is 0 Å². The number of alkyl halides is 3. The Labute approximate surface area is 148 Å². The van der Waals surface area contributed by atoms with Crippen LogP contribution in [0.1, 0.15) is 24.2 Å². The molecule has 2 aromatic carbocycles. The molecule has 0 aliphatic heterocycles. The average molecular weight is 364 g/mol. The summed E-state index contributed by atoms with van der Waals surface area (Å²) in [5.41, 5.74) is -1.24. The molecule has 0 heterocycles. The molecule has 7 heteroatoms. The predicted molar refractivity (Wildman–Crippen MR) is 88.1 cm³/mol. The molecule has 0 unspecified atom stereocenters. The van der Waals surface area contributed by atoms with Crippen LogP contribution >= 0.6 is 0 Å². The Bertz CT molecular complexity index is 821. The van der Waals surface area contributed by atoms with Crippen molar-refractivity contribution in [3.8, 4) is 29.6 Å². The second-order valence-corrected chi connectivity index (χ2v) is 5.67. The topological polar surface area (TPSA) is 44.8 Å². The Hall–Kier alpha value is -3.14. The zero-order valence-electron chi connectivity index (χ0n) is 14.0. The van der Waals surface area contributed by atoms with Crippen LogP contribution in [0.15, 0.2) is 48.5 Å². The minimum atomic E-state index is -4.93. The molecule has 0 saturated heterocycles. The number of para-hydroxylation sites is 1. The van der Waals surface area contributed by atoms with Gasteiger partial charge in [-0.25, -0.2) is 4.79 Å². The number of hydrogen-bond donors (Lipinski definition) is 0. The van der Waals surface area contributed by atoms with Gasteiger partial charge in [0.15, 0.2) is 17.1 Å². The Morgan fingerprint density at radius 3 is 2.23 bits per heavy atom. The zero-order chi connectivity index (χ0) is 19.4. The Morgan fingerprint density at radius 2 is 1.65 bits per heavy atom. The summed E-state index contributed by atoms with van der Waals surface area (Å²) in [7, 11) is 0. The molecule has 0 N–H and O–H groups in total. The zero-order valence-corrected chi connectivity index (χ0v) is 14.0. The summed E-state index contributed by atoms with van der Waals surface area (Å²) in [5.74, 6) is 0.879. The third-order valence-electron chi connectivity index (χ3n) is 3.07. The quantitative estimate of drug-likeness (QED) is 0.442. The molecule has 0 amide bonds. The second-order valence-electron chi connectivity index (χ2n) is 5.67. The minimum Gasteiger partial charge on any atom is -0.471 e. The van der Waals surface area contributed by atoms with E-state index in [4.69, 9.17) is 15.9 Å². The fraction of sp³-hybridized carbons (Fsp3) is 0.211. The Morgan fingerprint density at radius 1 is 1.00 bits per heavy atom.